The lowest BCUT2D eigenvalue weighted by Crippen LogP contribution is -2.35. The fraction of sp³-hybridized carbons (Fsp3) is 0.346. The molecule has 0 bridgehead atoms. The molecule has 150 valence electrons. The monoisotopic (exact) mass is 405 g/mol. The van der Waals surface area contributed by atoms with Crippen molar-refractivity contribution in [3.63, 3.8) is 0 Å². The van der Waals surface area contributed by atoms with Gasteiger partial charge < -0.3 is 4.90 Å². The van der Waals surface area contributed by atoms with Crippen molar-refractivity contribution in [2.45, 2.75) is 32.1 Å². The molecule has 0 spiro atoms. The van der Waals surface area contributed by atoms with Crippen molar-refractivity contribution >= 4 is 28.2 Å². The molecular weight excluding hydrogens is 378 g/mol. The van der Waals surface area contributed by atoms with Gasteiger partial charge in [0.2, 0.25) is 0 Å². The third kappa shape index (κ3) is 5.07. The van der Waals surface area contributed by atoms with E-state index in [2.05, 4.69) is 35.2 Å². The van der Waals surface area contributed by atoms with Gasteiger partial charge in [0.25, 0.3) is 0 Å². The SMILES string of the molecule is O=C(CCCN1CCC(Cc2ccc(Cl)c3ccccc23)CC1)c1ccccc1. The molecule has 1 heterocycles. The van der Waals surface area contributed by atoms with Crippen molar-refractivity contribution in [3.8, 4) is 0 Å². The smallest absolute Gasteiger partial charge is 0.162 e. The van der Waals surface area contributed by atoms with Crippen LogP contribution in [0.1, 0.15) is 41.6 Å². The summed E-state index contributed by atoms with van der Waals surface area (Å²) in [6.45, 7) is 3.29. The summed E-state index contributed by atoms with van der Waals surface area (Å²) in [5.41, 5.74) is 2.25. The fourth-order valence-corrected chi connectivity index (χ4v) is 4.69. The lowest BCUT2D eigenvalue weighted by molar-refractivity contribution is 0.0970. The van der Waals surface area contributed by atoms with Crippen molar-refractivity contribution in [2.24, 2.45) is 5.92 Å². The predicted octanol–water partition coefficient (Wildman–Crippen LogP) is 6.41. The number of likely N-dealkylation sites (tertiary alicyclic amines) is 1. The van der Waals surface area contributed by atoms with E-state index in [1.807, 2.05) is 36.4 Å². The molecule has 3 aromatic rings. The van der Waals surface area contributed by atoms with Crippen molar-refractivity contribution < 1.29 is 4.79 Å². The van der Waals surface area contributed by atoms with Crippen LogP contribution in [-0.2, 0) is 6.42 Å². The Hall–Kier alpha value is -2.16. The number of Topliss-reactive ketones (excluding diaryl/α,β-unsaturated/α-hetero) is 1. The van der Waals surface area contributed by atoms with E-state index in [4.69, 9.17) is 11.6 Å². The summed E-state index contributed by atoms with van der Waals surface area (Å²) in [5, 5.41) is 3.29. The molecule has 1 fully saturated rings. The highest BCUT2D eigenvalue weighted by atomic mass is 35.5. The summed E-state index contributed by atoms with van der Waals surface area (Å²) >= 11 is 6.37. The van der Waals surface area contributed by atoms with Crippen LogP contribution >= 0.6 is 11.6 Å². The first-order valence-corrected chi connectivity index (χ1v) is 11.1. The van der Waals surface area contributed by atoms with E-state index in [1.54, 1.807) is 0 Å². The minimum Gasteiger partial charge on any atom is -0.303 e. The Labute approximate surface area is 178 Å². The van der Waals surface area contributed by atoms with Crippen LogP contribution in [0.2, 0.25) is 5.02 Å². The van der Waals surface area contributed by atoms with Gasteiger partial charge in [-0.25, -0.2) is 0 Å². The maximum absolute atomic E-state index is 12.2. The van der Waals surface area contributed by atoms with Gasteiger partial charge in [-0.1, -0.05) is 72.3 Å². The van der Waals surface area contributed by atoms with Crippen LogP contribution in [0.5, 0.6) is 0 Å². The van der Waals surface area contributed by atoms with E-state index >= 15 is 0 Å². The third-order valence-electron chi connectivity index (χ3n) is 6.15. The second-order valence-corrected chi connectivity index (χ2v) is 8.54. The molecule has 4 rings (SSSR count). The van der Waals surface area contributed by atoms with Gasteiger partial charge in [-0.05, 0) is 68.3 Å². The van der Waals surface area contributed by atoms with E-state index in [9.17, 15) is 4.79 Å². The summed E-state index contributed by atoms with van der Waals surface area (Å²) in [5.74, 6) is 0.983. The molecule has 0 atom stereocenters. The first kappa shape index (κ1) is 20.1. The molecule has 2 nitrogen and oxygen atoms in total. The van der Waals surface area contributed by atoms with Crippen molar-refractivity contribution in [2.75, 3.05) is 19.6 Å². The molecule has 3 heteroatoms. The summed E-state index contributed by atoms with van der Waals surface area (Å²) in [6, 6.07) is 22.3. The second kappa shape index (κ2) is 9.56. The summed E-state index contributed by atoms with van der Waals surface area (Å²) in [6.07, 6.45) is 5.16. The highest BCUT2D eigenvalue weighted by Gasteiger charge is 2.20. The van der Waals surface area contributed by atoms with Crippen molar-refractivity contribution in [3.05, 3.63) is 82.9 Å². The Morgan fingerprint density at radius 2 is 1.59 bits per heavy atom. The molecule has 1 aliphatic heterocycles. The zero-order valence-corrected chi connectivity index (χ0v) is 17.6. The van der Waals surface area contributed by atoms with E-state index in [0.717, 1.165) is 54.4 Å². The summed E-state index contributed by atoms with van der Waals surface area (Å²) in [4.78, 5) is 14.8. The highest BCUT2D eigenvalue weighted by Crippen LogP contribution is 2.30. The van der Waals surface area contributed by atoms with E-state index < -0.39 is 0 Å². The second-order valence-electron chi connectivity index (χ2n) is 8.13. The number of fused-ring (bicyclic) bond motifs is 1. The van der Waals surface area contributed by atoms with Gasteiger partial charge in [0.1, 0.15) is 0 Å². The van der Waals surface area contributed by atoms with Crippen LogP contribution in [0.4, 0.5) is 0 Å². The molecule has 0 aliphatic carbocycles. The number of nitrogens with zero attached hydrogens (tertiary/aromatic N) is 1. The Morgan fingerprint density at radius 1 is 0.897 bits per heavy atom. The molecule has 0 saturated carbocycles. The molecule has 0 unspecified atom stereocenters. The number of ketones is 1. The zero-order valence-electron chi connectivity index (χ0n) is 16.8. The molecule has 3 aromatic carbocycles. The zero-order chi connectivity index (χ0) is 20.1. The Kier molecular flexibility index (Phi) is 6.63. The number of carbonyl (C=O) groups is 1. The average molecular weight is 406 g/mol. The molecule has 0 amide bonds. The Bertz CT molecular complexity index is 961. The minimum atomic E-state index is 0.259. The molecule has 1 aliphatic rings. The van der Waals surface area contributed by atoms with E-state index in [-0.39, 0.29) is 5.78 Å². The van der Waals surface area contributed by atoms with Gasteiger partial charge in [0.05, 0.1) is 0 Å². The fourth-order valence-electron chi connectivity index (χ4n) is 4.46. The van der Waals surface area contributed by atoms with Gasteiger partial charge in [0.15, 0.2) is 5.78 Å². The largest absolute Gasteiger partial charge is 0.303 e. The Balaban J connectivity index is 1.25. The number of carbonyl (C=O) groups excluding carboxylic acids is 1. The summed E-state index contributed by atoms with van der Waals surface area (Å²) in [7, 11) is 0. The maximum atomic E-state index is 12.2. The van der Waals surface area contributed by atoms with Gasteiger partial charge in [0, 0.05) is 22.4 Å². The first-order valence-electron chi connectivity index (χ1n) is 10.7. The molecule has 0 N–H and O–H groups in total. The summed E-state index contributed by atoms with van der Waals surface area (Å²) < 4.78 is 0. The van der Waals surface area contributed by atoms with Crippen molar-refractivity contribution in [1.29, 1.82) is 0 Å². The maximum Gasteiger partial charge on any atom is 0.162 e. The quantitative estimate of drug-likeness (QED) is 0.423. The van der Waals surface area contributed by atoms with Crippen LogP contribution in [0.3, 0.4) is 0 Å². The Morgan fingerprint density at radius 3 is 2.34 bits per heavy atom. The van der Waals surface area contributed by atoms with E-state index in [1.165, 1.54) is 23.8 Å². The molecule has 29 heavy (non-hydrogen) atoms. The van der Waals surface area contributed by atoms with Crippen LogP contribution in [0.25, 0.3) is 10.8 Å². The van der Waals surface area contributed by atoms with Crippen LogP contribution < -0.4 is 0 Å². The standard InChI is InChI=1S/C26H28ClNO/c27-25-13-12-22(23-9-4-5-10-24(23)25)19-20-14-17-28(18-15-20)16-6-11-26(29)21-7-2-1-3-8-21/h1-5,7-10,12-13,20H,6,11,14-19H2. The molecular formula is C26H28ClNO. The third-order valence-corrected chi connectivity index (χ3v) is 6.48. The number of piperidine rings is 1. The molecule has 0 radical (unpaired) electrons. The number of halogens is 1. The molecule has 0 aromatic heterocycles. The van der Waals surface area contributed by atoms with Crippen molar-refractivity contribution in [1.82, 2.24) is 4.90 Å². The van der Waals surface area contributed by atoms with Crippen LogP contribution in [0, 0.1) is 5.92 Å². The lowest BCUT2D eigenvalue weighted by atomic mass is 9.88. The lowest BCUT2D eigenvalue weighted by Gasteiger charge is -2.32. The number of hydrogen-bond donors (Lipinski definition) is 0. The number of hydrogen-bond acceptors (Lipinski definition) is 2. The first-order chi connectivity index (χ1) is 14.2. The average Bonchev–Trinajstić information content (AvgIpc) is 2.77. The number of rotatable bonds is 7. The van der Waals surface area contributed by atoms with Crippen LogP contribution in [0.15, 0.2) is 66.7 Å². The number of benzene rings is 3. The highest BCUT2D eigenvalue weighted by molar-refractivity contribution is 6.35. The minimum absolute atomic E-state index is 0.259. The topological polar surface area (TPSA) is 20.3 Å². The van der Waals surface area contributed by atoms with Gasteiger partial charge in [-0.15, -0.1) is 0 Å². The van der Waals surface area contributed by atoms with Gasteiger partial charge in [-0.2, -0.15) is 0 Å². The van der Waals surface area contributed by atoms with Gasteiger partial charge in [-0.3, -0.25) is 4.79 Å². The predicted molar refractivity (Wildman–Crippen MR) is 122 cm³/mol. The van der Waals surface area contributed by atoms with Gasteiger partial charge >= 0.3 is 0 Å². The van der Waals surface area contributed by atoms with Crippen LogP contribution in [-0.4, -0.2) is 30.3 Å². The molecule has 1 saturated heterocycles. The van der Waals surface area contributed by atoms with E-state index in [0.29, 0.717) is 6.42 Å². The normalized spacial score (nSPS) is 15.6.